The number of rotatable bonds is 2. The van der Waals surface area contributed by atoms with Crippen molar-refractivity contribution in [3.05, 3.63) is 0 Å². The van der Waals surface area contributed by atoms with Crippen LogP contribution in [0.2, 0.25) is 0 Å². The summed E-state index contributed by atoms with van der Waals surface area (Å²) in [5.41, 5.74) is 0. The molecule has 3 fully saturated rings. The van der Waals surface area contributed by atoms with Gasteiger partial charge in [-0.2, -0.15) is 0 Å². The summed E-state index contributed by atoms with van der Waals surface area (Å²) < 4.78 is 0. The number of amides is 3. The summed E-state index contributed by atoms with van der Waals surface area (Å²) in [6, 6.07) is 0.413. The number of carbonyl (C=O) groups excluding carboxylic acids is 2. The first-order chi connectivity index (χ1) is 11.2. The Morgan fingerprint density at radius 2 is 1.43 bits per heavy atom. The molecule has 2 saturated heterocycles. The van der Waals surface area contributed by atoms with Crippen LogP contribution in [0.4, 0.5) is 4.79 Å². The molecule has 23 heavy (non-hydrogen) atoms. The summed E-state index contributed by atoms with van der Waals surface area (Å²) in [6.07, 6.45) is 7.86. The second-order valence-electron chi connectivity index (χ2n) is 7.12. The third-order valence-electron chi connectivity index (χ3n) is 5.50. The van der Waals surface area contributed by atoms with Crippen LogP contribution in [-0.4, -0.2) is 67.0 Å². The Balaban J connectivity index is 1.42. The molecule has 2 aliphatic heterocycles. The van der Waals surface area contributed by atoms with Crippen molar-refractivity contribution in [3.8, 4) is 0 Å². The van der Waals surface area contributed by atoms with E-state index >= 15 is 0 Å². The first-order valence-electron chi connectivity index (χ1n) is 9.29. The number of nitrogens with one attached hydrogen (secondary N) is 2. The van der Waals surface area contributed by atoms with Crippen molar-refractivity contribution < 1.29 is 9.59 Å². The molecule has 0 aromatic rings. The van der Waals surface area contributed by atoms with Gasteiger partial charge in [-0.15, -0.1) is 0 Å². The zero-order valence-electron chi connectivity index (χ0n) is 14.1. The molecule has 0 aromatic heterocycles. The van der Waals surface area contributed by atoms with E-state index in [1.165, 1.54) is 19.3 Å². The van der Waals surface area contributed by atoms with E-state index in [1.54, 1.807) is 0 Å². The van der Waals surface area contributed by atoms with Gasteiger partial charge in [0.2, 0.25) is 5.91 Å². The van der Waals surface area contributed by atoms with Gasteiger partial charge in [-0.3, -0.25) is 4.79 Å². The summed E-state index contributed by atoms with van der Waals surface area (Å²) >= 11 is 0. The van der Waals surface area contributed by atoms with Crippen LogP contribution in [0.3, 0.4) is 0 Å². The maximum atomic E-state index is 12.5. The summed E-state index contributed by atoms with van der Waals surface area (Å²) in [5, 5.41) is 6.47. The molecule has 0 radical (unpaired) electrons. The summed E-state index contributed by atoms with van der Waals surface area (Å²) in [7, 11) is 0. The van der Waals surface area contributed by atoms with Crippen LogP contribution < -0.4 is 10.6 Å². The zero-order valence-corrected chi connectivity index (χ0v) is 14.1. The largest absolute Gasteiger partial charge is 0.339 e. The highest BCUT2D eigenvalue weighted by Crippen LogP contribution is 2.19. The highest BCUT2D eigenvalue weighted by Gasteiger charge is 2.30. The number of piperazine rings is 1. The second kappa shape index (κ2) is 7.99. The maximum absolute atomic E-state index is 12.5. The Kier molecular flexibility index (Phi) is 5.75. The molecule has 2 N–H and O–H groups in total. The Morgan fingerprint density at radius 1 is 0.826 bits per heavy atom. The minimum atomic E-state index is 0.0610. The Labute approximate surface area is 139 Å². The normalized spacial score (nSPS) is 24.5. The average molecular weight is 322 g/mol. The van der Waals surface area contributed by atoms with E-state index in [2.05, 4.69) is 10.6 Å². The van der Waals surface area contributed by atoms with Gasteiger partial charge in [0.1, 0.15) is 0 Å². The molecule has 0 aromatic carbocycles. The van der Waals surface area contributed by atoms with Crippen LogP contribution in [0.15, 0.2) is 0 Å². The molecule has 0 spiro atoms. The molecule has 3 aliphatic rings. The first kappa shape index (κ1) is 16.6. The zero-order chi connectivity index (χ0) is 16.1. The molecule has 3 rings (SSSR count). The fourth-order valence-corrected chi connectivity index (χ4v) is 3.97. The van der Waals surface area contributed by atoms with Gasteiger partial charge in [-0.05, 0) is 38.8 Å². The number of hydrogen-bond donors (Lipinski definition) is 2. The van der Waals surface area contributed by atoms with E-state index in [1.807, 2.05) is 9.80 Å². The van der Waals surface area contributed by atoms with E-state index in [0.29, 0.717) is 38.1 Å². The van der Waals surface area contributed by atoms with Crippen LogP contribution in [0, 0.1) is 5.92 Å². The van der Waals surface area contributed by atoms with Crippen molar-refractivity contribution in [3.63, 3.8) is 0 Å². The molecule has 0 atom stereocenters. The molecular formula is C17H30N4O2. The Hall–Kier alpha value is -1.30. The summed E-state index contributed by atoms with van der Waals surface area (Å²) in [5.74, 6) is 0.470. The second-order valence-corrected chi connectivity index (χ2v) is 7.12. The topological polar surface area (TPSA) is 64.7 Å². The molecule has 1 aliphatic carbocycles. The molecule has 0 bridgehead atoms. The predicted octanol–water partition coefficient (Wildman–Crippen LogP) is 1.17. The summed E-state index contributed by atoms with van der Waals surface area (Å²) in [4.78, 5) is 28.7. The van der Waals surface area contributed by atoms with Crippen LogP contribution in [0.1, 0.15) is 44.9 Å². The average Bonchev–Trinajstić information content (AvgIpc) is 2.63. The Morgan fingerprint density at radius 3 is 2.09 bits per heavy atom. The van der Waals surface area contributed by atoms with Gasteiger partial charge in [0.25, 0.3) is 0 Å². The lowest BCUT2D eigenvalue weighted by molar-refractivity contribution is -0.137. The smallest absolute Gasteiger partial charge is 0.317 e. The fourth-order valence-electron chi connectivity index (χ4n) is 3.97. The lowest BCUT2D eigenvalue weighted by Gasteiger charge is -2.38. The SMILES string of the molecule is O=C(NC1CCCCC1)N1CCN(C(=O)C2CCNCC2)CC1. The minimum Gasteiger partial charge on any atom is -0.339 e. The van der Waals surface area contributed by atoms with E-state index in [0.717, 1.165) is 38.8 Å². The molecule has 6 heteroatoms. The van der Waals surface area contributed by atoms with Gasteiger partial charge in [-0.25, -0.2) is 4.79 Å². The van der Waals surface area contributed by atoms with Gasteiger partial charge in [0.15, 0.2) is 0 Å². The quantitative estimate of drug-likeness (QED) is 0.802. The van der Waals surface area contributed by atoms with Crippen molar-refractivity contribution >= 4 is 11.9 Å². The fraction of sp³-hybridized carbons (Fsp3) is 0.882. The molecular weight excluding hydrogens is 292 g/mol. The van der Waals surface area contributed by atoms with Gasteiger partial charge in [-0.1, -0.05) is 19.3 Å². The lowest BCUT2D eigenvalue weighted by atomic mass is 9.95. The third kappa shape index (κ3) is 4.37. The van der Waals surface area contributed by atoms with E-state index < -0.39 is 0 Å². The predicted molar refractivity (Wildman–Crippen MR) is 89.2 cm³/mol. The number of urea groups is 1. The lowest BCUT2D eigenvalue weighted by Crippen LogP contribution is -2.55. The van der Waals surface area contributed by atoms with Crippen LogP contribution in [0.25, 0.3) is 0 Å². The highest BCUT2D eigenvalue weighted by molar-refractivity contribution is 5.80. The molecule has 1 saturated carbocycles. The first-order valence-corrected chi connectivity index (χ1v) is 9.29. The van der Waals surface area contributed by atoms with Gasteiger partial charge in [0.05, 0.1) is 0 Å². The third-order valence-corrected chi connectivity index (χ3v) is 5.50. The van der Waals surface area contributed by atoms with Crippen molar-refractivity contribution in [2.24, 2.45) is 5.92 Å². The molecule has 6 nitrogen and oxygen atoms in total. The summed E-state index contributed by atoms with van der Waals surface area (Å²) in [6.45, 7) is 4.58. The van der Waals surface area contributed by atoms with Crippen LogP contribution >= 0.6 is 0 Å². The van der Waals surface area contributed by atoms with Crippen molar-refractivity contribution in [1.29, 1.82) is 0 Å². The standard InChI is InChI=1S/C17H30N4O2/c22-16(14-6-8-18-9-7-14)20-10-12-21(13-11-20)17(23)19-15-4-2-1-3-5-15/h14-15,18H,1-13H2,(H,19,23). The number of hydrogen-bond acceptors (Lipinski definition) is 3. The monoisotopic (exact) mass is 322 g/mol. The number of nitrogens with zero attached hydrogens (tertiary/aromatic N) is 2. The molecule has 3 amide bonds. The van der Waals surface area contributed by atoms with E-state index in [4.69, 9.17) is 0 Å². The van der Waals surface area contributed by atoms with Gasteiger partial charge in [0, 0.05) is 38.1 Å². The molecule has 2 heterocycles. The van der Waals surface area contributed by atoms with Crippen LogP contribution in [0.5, 0.6) is 0 Å². The molecule has 130 valence electrons. The van der Waals surface area contributed by atoms with Gasteiger partial charge >= 0.3 is 6.03 Å². The molecule has 0 unspecified atom stereocenters. The van der Waals surface area contributed by atoms with E-state index in [9.17, 15) is 9.59 Å². The number of piperidine rings is 1. The van der Waals surface area contributed by atoms with Crippen molar-refractivity contribution in [2.45, 2.75) is 51.0 Å². The van der Waals surface area contributed by atoms with Crippen molar-refractivity contribution in [1.82, 2.24) is 20.4 Å². The van der Waals surface area contributed by atoms with Crippen molar-refractivity contribution in [2.75, 3.05) is 39.3 Å². The van der Waals surface area contributed by atoms with E-state index in [-0.39, 0.29) is 11.9 Å². The maximum Gasteiger partial charge on any atom is 0.317 e. The van der Waals surface area contributed by atoms with Gasteiger partial charge < -0.3 is 20.4 Å². The number of carbonyl (C=O) groups is 2. The minimum absolute atomic E-state index is 0.0610. The Bertz CT molecular complexity index is 409. The van der Waals surface area contributed by atoms with Crippen LogP contribution in [-0.2, 0) is 4.79 Å². The highest BCUT2D eigenvalue weighted by atomic mass is 16.2.